The van der Waals surface area contributed by atoms with E-state index in [0.29, 0.717) is 16.9 Å². The summed E-state index contributed by atoms with van der Waals surface area (Å²) in [6.07, 6.45) is 2.73. The van der Waals surface area contributed by atoms with Crippen LogP contribution in [0.25, 0.3) is 21.5 Å². The minimum Gasteiger partial charge on any atom is -0.391 e. The molecule has 3 aromatic carbocycles. The molecule has 2 aromatic heterocycles. The molecule has 0 aliphatic heterocycles. The average Bonchev–Trinajstić information content (AvgIpc) is 3.42. The first-order chi connectivity index (χ1) is 19.7. The van der Waals surface area contributed by atoms with Crippen LogP contribution < -0.4 is 10.6 Å². The number of hydrogen-bond acceptors (Lipinski definition) is 6. The van der Waals surface area contributed by atoms with Crippen molar-refractivity contribution in [2.24, 2.45) is 0 Å². The number of aromatic nitrogens is 1. The number of rotatable bonds is 9. The number of pyridine rings is 1. The SMILES string of the molecule is CC(C)(C)NC(=O)c1ccsc1C[C@@H](O)[C@H](CSc1ccc2ccccc2c1)NC(=O)c1cccc2cnccc12. The molecule has 2 heterocycles. The molecule has 6 nitrogen and oxygen atoms in total. The molecule has 0 radical (unpaired) electrons. The lowest BCUT2D eigenvalue weighted by atomic mass is 10.0. The van der Waals surface area contributed by atoms with Crippen molar-refractivity contribution in [3.05, 3.63) is 107 Å². The summed E-state index contributed by atoms with van der Waals surface area (Å²) in [7, 11) is 0. The highest BCUT2D eigenvalue weighted by molar-refractivity contribution is 7.99. The number of nitrogens with zero attached hydrogens (tertiary/aromatic N) is 1. The van der Waals surface area contributed by atoms with Crippen LogP contribution >= 0.6 is 23.1 Å². The zero-order valence-electron chi connectivity index (χ0n) is 23.3. The molecule has 3 N–H and O–H groups in total. The number of fused-ring (bicyclic) bond motifs is 2. The second kappa shape index (κ2) is 12.4. The molecule has 5 aromatic rings. The maximum atomic E-state index is 13.6. The van der Waals surface area contributed by atoms with Gasteiger partial charge in [-0.2, -0.15) is 0 Å². The van der Waals surface area contributed by atoms with Crippen molar-refractivity contribution in [1.29, 1.82) is 0 Å². The van der Waals surface area contributed by atoms with E-state index in [9.17, 15) is 14.7 Å². The first kappa shape index (κ1) is 28.8. The van der Waals surface area contributed by atoms with E-state index in [0.717, 1.165) is 31.3 Å². The molecule has 2 amide bonds. The molecule has 0 bridgehead atoms. The number of benzene rings is 3. The number of aliphatic hydroxyl groups is 1. The molecule has 0 aliphatic rings. The predicted octanol–water partition coefficient (Wildman–Crippen LogP) is 6.47. The van der Waals surface area contributed by atoms with E-state index in [1.165, 1.54) is 11.3 Å². The van der Waals surface area contributed by atoms with E-state index in [4.69, 9.17) is 0 Å². The van der Waals surface area contributed by atoms with Gasteiger partial charge in [0.15, 0.2) is 0 Å². The highest BCUT2D eigenvalue weighted by Crippen LogP contribution is 2.27. The first-order valence-corrected chi connectivity index (χ1v) is 15.4. The van der Waals surface area contributed by atoms with Gasteiger partial charge in [0, 0.05) is 50.8 Å². The van der Waals surface area contributed by atoms with Gasteiger partial charge in [0.05, 0.1) is 17.7 Å². The topological polar surface area (TPSA) is 91.3 Å². The molecule has 210 valence electrons. The minimum absolute atomic E-state index is 0.170. The summed E-state index contributed by atoms with van der Waals surface area (Å²) < 4.78 is 0. The van der Waals surface area contributed by atoms with Gasteiger partial charge in [-0.05, 0) is 72.6 Å². The first-order valence-electron chi connectivity index (χ1n) is 13.5. The molecule has 0 aliphatic carbocycles. The van der Waals surface area contributed by atoms with Crippen molar-refractivity contribution in [2.75, 3.05) is 5.75 Å². The minimum atomic E-state index is -0.914. The van der Waals surface area contributed by atoms with Crippen LogP contribution in [0, 0.1) is 0 Å². The fourth-order valence-electron chi connectivity index (χ4n) is 4.70. The van der Waals surface area contributed by atoms with E-state index in [1.807, 2.05) is 56.5 Å². The molecule has 5 rings (SSSR count). The number of amides is 2. The van der Waals surface area contributed by atoms with Crippen LogP contribution in [0.15, 0.2) is 95.5 Å². The van der Waals surface area contributed by atoms with Gasteiger partial charge in [0.2, 0.25) is 0 Å². The molecule has 0 saturated heterocycles. The third kappa shape index (κ3) is 7.14. The van der Waals surface area contributed by atoms with Crippen molar-refractivity contribution in [3.63, 3.8) is 0 Å². The van der Waals surface area contributed by atoms with Gasteiger partial charge in [-0.1, -0.05) is 42.5 Å². The van der Waals surface area contributed by atoms with Crippen LogP contribution in [-0.2, 0) is 6.42 Å². The molecule has 0 unspecified atom stereocenters. The quantitative estimate of drug-likeness (QED) is 0.173. The number of nitrogens with one attached hydrogen (secondary N) is 2. The average molecular weight is 584 g/mol. The number of carbonyl (C=O) groups is 2. The largest absolute Gasteiger partial charge is 0.391 e. The summed E-state index contributed by atoms with van der Waals surface area (Å²) in [6.45, 7) is 5.81. The van der Waals surface area contributed by atoms with Gasteiger partial charge in [-0.25, -0.2) is 0 Å². The maximum absolute atomic E-state index is 13.6. The Labute approximate surface area is 248 Å². The highest BCUT2D eigenvalue weighted by Gasteiger charge is 2.26. The van der Waals surface area contributed by atoms with Gasteiger partial charge >= 0.3 is 0 Å². The van der Waals surface area contributed by atoms with Crippen LogP contribution in [0.5, 0.6) is 0 Å². The second-order valence-corrected chi connectivity index (χ2v) is 13.1. The van der Waals surface area contributed by atoms with Crippen LogP contribution in [0.2, 0.25) is 0 Å². The lowest BCUT2D eigenvalue weighted by Crippen LogP contribution is -2.46. The Balaban J connectivity index is 1.39. The Morgan fingerprint density at radius 1 is 0.927 bits per heavy atom. The van der Waals surface area contributed by atoms with Crippen LogP contribution in [-0.4, -0.2) is 45.3 Å². The van der Waals surface area contributed by atoms with E-state index in [1.54, 1.807) is 36.3 Å². The second-order valence-electron chi connectivity index (χ2n) is 11.0. The van der Waals surface area contributed by atoms with E-state index >= 15 is 0 Å². The smallest absolute Gasteiger partial charge is 0.252 e. The van der Waals surface area contributed by atoms with Crippen LogP contribution in [0.3, 0.4) is 0 Å². The van der Waals surface area contributed by atoms with E-state index < -0.39 is 12.1 Å². The lowest BCUT2D eigenvalue weighted by molar-refractivity contribution is 0.0853. The van der Waals surface area contributed by atoms with Crippen LogP contribution in [0.1, 0.15) is 46.4 Å². The summed E-state index contributed by atoms with van der Waals surface area (Å²) in [4.78, 5) is 32.5. The molecule has 0 spiro atoms. The molecule has 0 saturated carbocycles. The van der Waals surface area contributed by atoms with Crippen molar-refractivity contribution in [1.82, 2.24) is 15.6 Å². The van der Waals surface area contributed by atoms with Gasteiger partial charge in [-0.3, -0.25) is 14.6 Å². The fraction of sp³-hybridized carbons (Fsp3) is 0.242. The van der Waals surface area contributed by atoms with E-state index in [-0.39, 0.29) is 23.8 Å². The fourth-order valence-corrected chi connectivity index (χ4v) is 6.68. The summed E-state index contributed by atoms with van der Waals surface area (Å²) in [5.74, 6) is 0.0187. The Hall–Kier alpha value is -3.72. The van der Waals surface area contributed by atoms with E-state index in [2.05, 4.69) is 45.9 Å². The van der Waals surface area contributed by atoms with Gasteiger partial charge in [-0.15, -0.1) is 23.1 Å². The Bertz CT molecular complexity index is 1690. The summed E-state index contributed by atoms with van der Waals surface area (Å²) in [5.41, 5.74) is 0.701. The van der Waals surface area contributed by atoms with Gasteiger partial charge in [0.1, 0.15) is 0 Å². The number of thiophene rings is 1. The third-order valence-electron chi connectivity index (χ3n) is 6.73. The number of thioether (sulfide) groups is 1. The summed E-state index contributed by atoms with van der Waals surface area (Å²) >= 11 is 3.02. The zero-order valence-corrected chi connectivity index (χ0v) is 24.9. The van der Waals surface area contributed by atoms with Crippen molar-refractivity contribution < 1.29 is 14.7 Å². The van der Waals surface area contributed by atoms with Crippen molar-refractivity contribution in [3.8, 4) is 0 Å². The van der Waals surface area contributed by atoms with Crippen LogP contribution in [0.4, 0.5) is 0 Å². The molecule has 0 fully saturated rings. The normalized spacial score (nSPS) is 13.2. The predicted molar refractivity (Wildman–Crippen MR) is 169 cm³/mol. The Kier molecular flexibility index (Phi) is 8.73. The monoisotopic (exact) mass is 583 g/mol. The summed E-state index contributed by atoms with van der Waals surface area (Å²) in [5, 5.41) is 23.5. The number of hydrogen-bond donors (Lipinski definition) is 3. The standard InChI is InChI=1S/C33H33N3O3S2/c1-33(2,3)36-32(39)27-14-16-40-30(27)18-29(37)28(20-41-24-12-11-21-7-4-5-8-22(21)17-24)35-31(38)26-10-6-9-23-19-34-15-13-25(23)26/h4-17,19,28-29,37H,18,20H2,1-3H3,(H,35,38)(H,36,39)/t28-,29+/m0/s1. The molecule has 41 heavy (non-hydrogen) atoms. The third-order valence-corrected chi connectivity index (χ3v) is 8.79. The zero-order chi connectivity index (χ0) is 29.0. The number of aliphatic hydroxyl groups excluding tert-OH is 1. The Morgan fingerprint density at radius 3 is 2.51 bits per heavy atom. The Morgan fingerprint density at radius 2 is 1.71 bits per heavy atom. The molecule has 2 atom stereocenters. The maximum Gasteiger partial charge on any atom is 0.252 e. The molecule has 8 heteroatoms. The highest BCUT2D eigenvalue weighted by atomic mass is 32.2. The van der Waals surface area contributed by atoms with Crippen molar-refractivity contribution in [2.45, 2.75) is 49.8 Å². The van der Waals surface area contributed by atoms with Crippen molar-refractivity contribution >= 4 is 56.5 Å². The lowest BCUT2D eigenvalue weighted by Gasteiger charge is -2.25. The summed E-state index contributed by atoms with van der Waals surface area (Å²) in [6, 6.07) is 23.0. The number of carbonyl (C=O) groups excluding carboxylic acids is 2. The van der Waals surface area contributed by atoms with Gasteiger partial charge in [0.25, 0.3) is 11.8 Å². The van der Waals surface area contributed by atoms with Gasteiger partial charge < -0.3 is 15.7 Å². The molecular weight excluding hydrogens is 551 g/mol. The molecular formula is C33H33N3O3S2.